The van der Waals surface area contributed by atoms with Crippen LogP contribution in [-0.2, 0) is 9.53 Å². The number of carbonyl (C=O) groups excluding carboxylic acids is 1. The number of carbonyl (C=O) groups is 1. The SMILES string of the molecule is COCC1=CCN(C(=O)C2NCCCC2C)CC1. The zero-order valence-electron chi connectivity index (χ0n) is 11.4. The first kappa shape index (κ1) is 13.6. The molecule has 102 valence electrons. The van der Waals surface area contributed by atoms with Crippen molar-refractivity contribution in [2.24, 2.45) is 5.92 Å². The van der Waals surface area contributed by atoms with Gasteiger partial charge in [0, 0.05) is 20.2 Å². The van der Waals surface area contributed by atoms with Crippen molar-refractivity contribution in [2.45, 2.75) is 32.2 Å². The lowest BCUT2D eigenvalue weighted by molar-refractivity contribution is -0.135. The van der Waals surface area contributed by atoms with Gasteiger partial charge in [-0.2, -0.15) is 0 Å². The van der Waals surface area contributed by atoms with Gasteiger partial charge in [-0.15, -0.1) is 0 Å². The predicted molar refractivity (Wildman–Crippen MR) is 71.3 cm³/mol. The van der Waals surface area contributed by atoms with Crippen molar-refractivity contribution in [1.82, 2.24) is 10.2 Å². The van der Waals surface area contributed by atoms with E-state index in [0.717, 1.165) is 32.5 Å². The molecule has 1 saturated heterocycles. The largest absolute Gasteiger partial charge is 0.380 e. The highest BCUT2D eigenvalue weighted by molar-refractivity contribution is 5.82. The third-order valence-corrected chi connectivity index (χ3v) is 3.98. The summed E-state index contributed by atoms with van der Waals surface area (Å²) in [7, 11) is 1.71. The molecule has 4 nitrogen and oxygen atoms in total. The molecule has 2 heterocycles. The van der Waals surface area contributed by atoms with Crippen molar-refractivity contribution in [1.29, 1.82) is 0 Å². The molecule has 2 atom stereocenters. The molecule has 1 amide bonds. The van der Waals surface area contributed by atoms with Crippen molar-refractivity contribution < 1.29 is 9.53 Å². The van der Waals surface area contributed by atoms with Crippen LogP contribution in [0.3, 0.4) is 0 Å². The molecule has 0 spiro atoms. The monoisotopic (exact) mass is 252 g/mol. The lowest BCUT2D eigenvalue weighted by Gasteiger charge is -2.35. The number of rotatable bonds is 3. The van der Waals surface area contributed by atoms with Crippen LogP contribution in [0.4, 0.5) is 0 Å². The van der Waals surface area contributed by atoms with E-state index in [1.807, 2.05) is 4.90 Å². The second kappa shape index (κ2) is 6.34. The van der Waals surface area contributed by atoms with Crippen LogP contribution in [0.2, 0.25) is 0 Å². The summed E-state index contributed by atoms with van der Waals surface area (Å²) >= 11 is 0. The number of methoxy groups -OCH3 is 1. The van der Waals surface area contributed by atoms with E-state index in [9.17, 15) is 4.79 Å². The van der Waals surface area contributed by atoms with E-state index in [1.54, 1.807) is 7.11 Å². The van der Waals surface area contributed by atoms with Gasteiger partial charge in [0.15, 0.2) is 0 Å². The first-order chi connectivity index (χ1) is 8.72. The van der Waals surface area contributed by atoms with Crippen LogP contribution in [0.25, 0.3) is 0 Å². The van der Waals surface area contributed by atoms with E-state index >= 15 is 0 Å². The van der Waals surface area contributed by atoms with Gasteiger partial charge in [0.1, 0.15) is 0 Å². The van der Waals surface area contributed by atoms with Crippen LogP contribution < -0.4 is 5.32 Å². The Morgan fingerprint density at radius 2 is 2.44 bits per heavy atom. The van der Waals surface area contributed by atoms with Gasteiger partial charge in [-0.25, -0.2) is 0 Å². The minimum absolute atomic E-state index is 0.0242. The fourth-order valence-electron chi connectivity index (χ4n) is 2.80. The van der Waals surface area contributed by atoms with Crippen LogP contribution in [0, 0.1) is 5.92 Å². The maximum Gasteiger partial charge on any atom is 0.240 e. The van der Waals surface area contributed by atoms with Crippen molar-refractivity contribution in [2.75, 3.05) is 33.4 Å². The smallest absolute Gasteiger partial charge is 0.240 e. The zero-order valence-corrected chi connectivity index (χ0v) is 11.4. The molecule has 1 N–H and O–H groups in total. The number of amides is 1. The van der Waals surface area contributed by atoms with Crippen molar-refractivity contribution >= 4 is 5.91 Å². The van der Waals surface area contributed by atoms with Crippen LogP contribution in [0.5, 0.6) is 0 Å². The summed E-state index contributed by atoms with van der Waals surface area (Å²) in [6.07, 6.45) is 5.42. The third-order valence-electron chi connectivity index (χ3n) is 3.98. The summed E-state index contributed by atoms with van der Waals surface area (Å²) in [6, 6.07) is 0.0242. The number of nitrogens with one attached hydrogen (secondary N) is 1. The molecule has 0 radical (unpaired) electrons. The maximum absolute atomic E-state index is 12.4. The van der Waals surface area contributed by atoms with Gasteiger partial charge in [-0.3, -0.25) is 4.79 Å². The topological polar surface area (TPSA) is 41.6 Å². The number of ether oxygens (including phenoxy) is 1. The standard InChI is InChI=1S/C14H24N2O2/c1-11-4-3-7-15-13(11)14(17)16-8-5-12(6-9-16)10-18-2/h5,11,13,15H,3-4,6-10H2,1-2H3. The maximum atomic E-state index is 12.4. The molecule has 0 aliphatic carbocycles. The Kier molecular flexibility index (Phi) is 4.78. The lowest BCUT2D eigenvalue weighted by atomic mass is 9.91. The quantitative estimate of drug-likeness (QED) is 0.767. The predicted octanol–water partition coefficient (Wildman–Crippen LogP) is 1.18. The Labute approximate surface area is 109 Å². The summed E-state index contributed by atoms with van der Waals surface area (Å²) < 4.78 is 5.13. The average molecular weight is 252 g/mol. The minimum atomic E-state index is 0.0242. The molecule has 0 aromatic carbocycles. The molecule has 2 aliphatic rings. The first-order valence-corrected chi connectivity index (χ1v) is 6.91. The minimum Gasteiger partial charge on any atom is -0.380 e. The fourth-order valence-corrected chi connectivity index (χ4v) is 2.80. The van der Waals surface area contributed by atoms with E-state index < -0.39 is 0 Å². The highest BCUT2D eigenvalue weighted by Gasteiger charge is 2.31. The Balaban J connectivity index is 1.90. The highest BCUT2D eigenvalue weighted by Crippen LogP contribution is 2.19. The second-order valence-corrected chi connectivity index (χ2v) is 5.38. The van der Waals surface area contributed by atoms with Gasteiger partial charge in [-0.1, -0.05) is 13.0 Å². The summed E-state index contributed by atoms with van der Waals surface area (Å²) in [5.41, 5.74) is 1.31. The van der Waals surface area contributed by atoms with E-state index in [-0.39, 0.29) is 11.9 Å². The van der Waals surface area contributed by atoms with Crippen molar-refractivity contribution in [3.63, 3.8) is 0 Å². The molecule has 0 aromatic rings. The van der Waals surface area contributed by atoms with Gasteiger partial charge in [0.2, 0.25) is 5.91 Å². The number of piperidine rings is 1. The van der Waals surface area contributed by atoms with Crippen molar-refractivity contribution in [3.8, 4) is 0 Å². The molecule has 18 heavy (non-hydrogen) atoms. The van der Waals surface area contributed by atoms with Crippen molar-refractivity contribution in [3.05, 3.63) is 11.6 Å². The molecular weight excluding hydrogens is 228 g/mol. The van der Waals surface area contributed by atoms with Gasteiger partial charge in [-0.05, 0) is 37.3 Å². The van der Waals surface area contributed by atoms with Crippen LogP contribution in [0.15, 0.2) is 11.6 Å². The molecule has 0 saturated carbocycles. The summed E-state index contributed by atoms with van der Waals surface area (Å²) in [5.74, 6) is 0.727. The molecule has 1 fully saturated rings. The molecule has 2 unspecified atom stereocenters. The second-order valence-electron chi connectivity index (χ2n) is 5.38. The molecule has 0 aromatic heterocycles. The van der Waals surface area contributed by atoms with Gasteiger partial charge < -0.3 is 15.0 Å². The highest BCUT2D eigenvalue weighted by atomic mass is 16.5. The Hall–Kier alpha value is -0.870. The van der Waals surface area contributed by atoms with Gasteiger partial charge in [0.05, 0.1) is 12.6 Å². The summed E-state index contributed by atoms with van der Waals surface area (Å²) in [6.45, 7) is 5.41. The van der Waals surface area contributed by atoms with Crippen LogP contribution in [-0.4, -0.2) is 50.2 Å². The van der Waals surface area contributed by atoms with Crippen LogP contribution >= 0.6 is 0 Å². The third kappa shape index (κ3) is 3.12. The number of hydrogen-bond acceptors (Lipinski definition) is 3. The zero-order chi connectivity index (χ0) is 13.0. The summed E-state index contributed by atoms with van der Waals surface area (Å²) in [4.78, 5) is 14.4. The number of hydrogen-bond donors (Lipinski definition) is 1. The lowest BCUT2D eigenvalue weighted by Crippen LogP contribution is -2.53. The molecule has 2 rings (SSSR count). The Morgan fingerprint density at radius 1 is 1.61 bits per heavy atom. The normalized spacial score (nSPS) is 29.0. The molecule has 0 bridgehead atoms. The Bertz CT molecular complexity index is 328. The Morgan fingerprint density at radius 3 is 3.06 bits per heavy atom. The first-order valence-electron chi connectivity index (χ1n) is 6.91. The van der Waals surface area contributed by atoms with Crippen LogP contribution in [0.1, 0.15) is 26.2 Å². The van der Waals surface area contributed by atoms with E-state index in [1.165, 1.54) is 12.0 Å². The van der Waals surface area contributed by atoms with E-state index in [2.05, 4.69) is 18.3 Å². The fraction of sp³-hybridized carbons (Fsp3) is 0.786. The summed E-state index contributed by atoms with van der Waals surface area (Å²) in [5, 5.41) is 3.37. The molecule has 4 heteroatoms. The van der Waals surface area contributed by atoms with E-state index in [0.29, 0.717) is 12.5 Å². The number of nitrogens with zero attached hydrogens (tertiary/aromatic N) is 1. The van der Waals surface area contributed by atoms with E-state index in [4.69, 9.17) is 4.74 Å². The van der Waals surface area contributed by atoms with Gasteiger partial charge >= 0.3 is 0 Å². The average Bonchev–Trinajstić information content (AvgIpc) is 2.40. The molecule has 2 aliphatic heterocycles. The molecular formula is C14H24N2O2. The van der Waals surface area contributed by atoms with Gasteiger partial charge in [0.25, 0.3) is 0 Å².